The van der Waals surface area contributed by atoms with Crippen molar-refractivity contribution in [2.75, 3.05) is 6.61 Å². The number of hydrogen-bond acceptors (Lipinski definition) is 4. The summed E-state index contributed by atoms with van der Waals surface area (Å²) in [5, 5.41) is 8.54. The Balaban J connectivity index is 3.00. The predicted octanol–water partition coefficient (Wildman–Crippen LogP) is 4.50. The Bertz CT molecular complexity index is 551. The summed E-state index contributed by atoms with van der Waals surface area (Å²) in [5.74, 6) is -2.49. The van der Waals surface area contributed by atoms with E-state index >= 15 is 0 Å². The lowest BCUT2D eigenvalue weighted by atomic mass is 10.2. The monoisotopic (exact) mass is 392 g/mol. The molecule has 0 saturated carbocycles. The summed E-state index contributed by atoms with van der Waals surface area (Å²) in [5.41, 5.74) is -0.414. The van der Waals surface area contributed by atoms with Crippen molar-refractivity contribution in [3.63, 3.8) is 0 Å². The molecule has 0 fully saturated rings. The Morgan fingerprint density at radius 2 is 2.05 bits per heavy atom. The summed E-state index contributed by atoms with van der Waals surface area (Å²) < 4.78 is 19.2. The summed E-state index contributed by atoms with van der Waals surface area (Å²) in [6.45, 7) is 4.21. The van der Waals surface area contributed by atoms with Gasteiger partial charge in [-0.05, 0) is 40.9 Å². The van der Waals surface area contributed by atoms with E-state index in [-0.39, 0.29) is 5.97 Å². The number of ether oxygens (including phenoxy) is 1. The van der Waals surface area contributed by atoms with Crippen LogP contribution in [-0.4, -0.2) is 28.9 Å². The van der Waals surface area contributed by atoms with Gasteiger partial charge in [0.25, 0.3) is 0 Å². The normalized spacial score (nSPS) is 12.0. The molecule has 0 radical (unpaired) electrons. The van der Waals surface area contributed by atoms with Gasteiger partial charge in [-0.25, -0.2) is 9.18 Å². The van der Waals surface area contributed by atoms with E-state index in [2.05, 4.69) is 15.9 Å². The van der Waals surface area contributed by atoms with Gasteiger partial charge in [-0.3, -0.25) is 4.79 Å². The first-order valence-corrected chi connectivity index (χ1v) is 8.63. The highest BCUT2D eigenvalue weighted by molar-refractivity contribution is 9.10. The fourth-order valence-corrected chi connectivity index (χ4v) is 3.50. The largest absolute Gasteiger partial charge is 0.478 e. The van der Waals surface area contributed by atoms with E-state index in [0.29, 0.717) is 22.4 Å². The zero-order valence-corrected chi connectivity index (χ0v) is 14.8. The van der Waals surface area contributed by atoms with Crippen LogP contribution in [0, 0.1) is 5.82 Å². The maximum Gasteiger partial charge on any atom is 0.338 e. The first-order valence-electron chi connectivity index (χ1n) is 6.96. The Morgan fingerprint density at radius 1 is 1.36 bits per heavy atom. The van der Waals surface area contributed by atoms with Gasteiger partial charge in [-0.1, -0.05) is 20.3 Å². The van der Waals surface area contributed by atoms with Gasteiger partial charge >= 0.3 is 11.9 Å². The van der Waals surface area contributed by atoms with Crippen molar-refractivity contribution < 1.29 is 23.8 Å². The number of esters is 1. The maximum atomic E-state index is 13.6. The van der Waals surface area contributed by atoms with Crippen LogP contribution in [0.25, 0.3) is 0 Å². The number of thioether (sulfide) groups is 1. The minimum Gasteiger partial charge on any atom is -0.478 e. The van der Waals surface area contributed by atoms with E-state index in [1.165, 1.54) is 17.8 Å². The lowest BCUT2D eigenvalue weighted by molar-refractivity contribution is -0.143. The average molecular weight is 393 g/mol. The van der Waals surface area contributed by atoms with Crippen molar-refractivity contribution in [2.45, 2.75) is 43.3 Å². The minimum atomic E-state index is -1.34. The molecular formula is C15H18BrFO4S. The molecule has 0 saturated heterocycles. The summed E-state index contributed by atoms with van der Waals surface area (Å²) >= 11 is 4.39. The maximum absolute atomic E-state index is 13.6. The molecule has 1 atom stereocenters. The molecule has 0 amide bonds. The molecule has 122 valence electrons. The van der Waals surface area contributed by atoms with Crippen molar-refractivity contribution in [3.05, 3.63) is 28.0 Å². The van der Waals surface area contributed by atoms with E-state index < -0.39 is 22.6 Å². The Kier molecular flexibility index (Phi) is 7.89. The molecule has 0 bridgehead atoms. The number of rotatable bonds is 8. The van der Waals surface area contributed by atoms with Crippen LogP contribution in [0.5, 0.6) is 0 Å². The molecule has 7 heteroatoms. The molecule has 0 aromatic heterocycles. The number of aromatic carboxylic acids is 1. The first kappa shape index (κ1) is 19.0. The molecule has 4 nitrogen and oxygen atoms in total. The lowest BCUT2D eigenvalue weighted by Crippen LogP contribution is -2.20. The van der Waals surface area contributed by atoms with Gasteiger partial charge in [0.05, 0.1) is 12.2 Å². The average Bonchev–Trinajstić information content (AvgIpc) is 2.46. The van der Waals surface area contributed by atoms with Crippen LogP contribution in [0.2, 0.25) is 0 Å². The molecule has 1 N–H and O–H groups in total. The number of halogens is 2. The van der Waals surface area contributed by atoms with Crippen molar-refractivity contribution in [2.24, 2.45) is 0 Å². The van der Waals surface area contributed by atoms with Crippen LogP contribution in [0.4, 0.5) is 4.39 Å². The molecule has 22 heavy (non-hydrogen) atoms. The molecule has 0 spiro atoms. The molecular weight excluding hydrogens is 375 g/mol. The number of carbonyl (C=O) groups excluding carboxylic acids is 1. The van der Waals surface area contributed by atoms with Crippen LogP contribution in [0.1, 0.15) is 43.5 Å². The summed E-state index contributed by atoms with van der Waals surface area (Å²) in [7, 11) is 0. The second kappa shape index (κ2) is 9.15. The second-order valence-corrected chi connectivity index (χ2v) is 6.73. The van der Waals surface area contributed by atoms with Crippen molar-refractivity contribution >= 4 is 39.6 Å². The van der Waals surface area contributed by atoms with Gasteiger partial charge in [0.1, 0.15) is 11.1 Å². The van der Waals surface area contributed by atoms with E-state index in [1.807, 2.05) is 13.8 Å². The van der Waals surface area contributed by atoms with Gasteiger partial charge in [0.2, 0.25) is 0 Å². The van der Waals surface area contributed by atoms with Gasteiger partial charge in [-0.2, -0.15) is 0 Å². The van der Waals surface area contributed by atoms with Crippen molar-refractivity contribution in [1.82, 2.24) is 0 Å². The van der Waals surface area contributed by atoms with Crippen LogP contribution in [-0.2, 0) is 9.53 Å². The van der Waals surface area contributed by atoms with E-state index in [4.69, 9.17) is 9.84 Å². The molecule has 1 unspecified atom stereocenters. The van der Waals surface area contributed by atoms with Gasteiger partial charge < -0.3 is 9.84 Å². The third-order valence-electron chi connectivity index (χ3n) is 2.78. The fourth-order valence-electron chi connectivity index (χ4n) is 1.72. The smallest absolute Gasteiger partial charge is 0.338 e. The van der Waals surface area contributed by atoms with Crippen LogP contribution in [0.3, 0.4) is 0 Å². The Hall–Kier alpha value is -1.08. The number of benzene rings is 1. The highest BCUT2D eigenvalue weighted by Crippen LogP contribution is 2.35. The van der Waals surface area contributed by atoms with Crippen LogP contribution < -0.4 is 0 Å². The topological polar surface area (TPSA) is 63.6 Å². The zero-order valence-electron chi connectivity index (χ0n) is 12.4. The van der Waals surface area contributed by atoms with E-state index in [9.17, 15) is 14.0 Å². The highest BCUT2D eigenvalue weighted by Gasteiger charge is 2.23. The molecule has 0 aliphatic carbocycles. The highest BCUT2D eigenvalue weighted by atomic mass is 79.9. The Morgan fingerprint density at radius 3 is 2.59 bits per heavy atom. The van der Waals surface area contributed by atoms with Crippen molar-refractivity contribution in [1.29, 1.82) is 0 Å². The zero-order chi connectivity index (χ0) is 16.7. The SMILES string of the molecule is CCCOC(=O)C(CCC)Sc1cc(C(=O)O)c(F)cc1Br. The molecule has 1 rings (SSSR count). The molecule has 1 aromatic carbocycles. The van der Waals surface area contributed by atoms with Gasteiger partial charge in [0, 0.05) is 9.37 Å². The molecule has 1 aromatic rings. The van der Waals surface area contributed by atoms with Gasteiger partial charge in [0.15, 0.2) is 0 Å². The Labute approximate surface area is 141 Å². The van der Waals surface area contributed by atoms with Gasteiger partial charge in [-0.15, -0.1) is 11.8 Å². The minimum absolute atomic E-state index is 0.332. The number of carbonyl (C=O) groups is 2. The van der Waals surface area contributed by atoms with Crippen LogP contribution >= 0.6 is 27.7 Å². The first-order chi connectivity index (χ1) is 10.4. The molecule has 0 aliphatic heterocycles. The van der Waals surface area contributed by atoms with E-state index in [0.717, 1.165) is 18.9 Å². The quantitative estimate of drug-likeness (QED) is 0.521. The number of carboxylic acids is 1. The number of carboxylic acid groups (broad SMARTS) is 1. The fraction of sp³-hybridized carbons (Fsp3) is 0.467. The lowest BCUT2D eigenvalue weighted by Gasteiger charge is -2.16. The molecule has 0 heterocycles. The summed E-state index contributed by atoms with van der Waals surface area (Å²) in [6, 6.07) is 2.34. The standard InChI is InChI=1S/C15H18BrFO4S/c1-3-5-12(15(20)21-6-4-2)22-13-7-9(14(18)19)11(17)8-10(13)16/h7-8,12H,3-6H2,1-2H3,(H,18,19). The van der Waals surface area contributed by atoms with Crippen LogP contribution in [0.15, 0.2) is 21.5 Å². The second-order valence-electron chi connectivity index (χ2n) is 4.63. The third kappa shape index (κ3) is 5.28. The summed E-state index contributed by atoms with van der Waals surface area (Å²) in [4.78, 5) is 23.6. The predicted molar refractivity (Wildman–Crippen MR) is 86.9 cm³/mol. The van der Waals surface area contributed by atoms with E-state index in [1.54, 1.807) is 0 Å². The third-order valence-corrected chi connectivity index (χ3v) is 5.01. The summed E-state index contributed by atoms with van der Waals surface area (Å²) in [6.07, 6.45) is 2.11. The number of hydrogen-bond donors (Lipinski definition) is 1. The molecule has 0 aliphatic rings. The van der Waals surface area contributed by atoms with Crippen molar-refractivity contribution in [3.8, 4) is 0 Å².